The lowest BCUT2D eigenvalue weighted by Gasteiger charge is -2.25. The number of carbonyl (C=O) groups excluding carboxylic acids is 1. The summed E-state index contributed by atoms with van der Waals surface area (Å²) in [6.45, 7) is 0. The van der Waals surface area contributed by atoms with Crippen molar-refractivity contribution in [3.63, 3.8) is 0 Å². The molecular formula is C15H12BIN2O2. The summed E-state index contributed by atoms with van der Waals surface area (Å²) in [4.78, 5) is 13.4. The van der Waals surface area contributed by atoms with Crippen molar-refractivity contribution in [3.05, 3.63) is 63.2 Å². The third kappa shape index (κ3) is 3.01. The van der Waals surface area contributed by atoms with E-state index in [0.29, 0.717) is 5.46 Å². The zero-order valence-corrected chi connectivity index (χ0v) is 13.3. The Morgan fingerprint density at radius 2 is 2.00 bits per heavy atom. The molecule has 1 N–H and O–H groups in total. The van der Waals surface area contributed by atoms with E-state index in [1.807, 2.05) is 48.5 Å². The molecule has 1 amide bonds. The fourth-order valence-corrected chi connectivity index (χ4v) is 2.78. The SMILES string of the molecule is O=C(Cc1ccccc1)N1N=Cc2cc(I)ccc2B1O. The van der Waals surface area contributed by atoms with Crippen LogP contribution < -0.4 is 5.46 Å². The van der Waals surface area contributed by atoms with Gasteiger partial charge in [0.15, 0.2) is 0 Å². The molecule has 0 bridgehead atoms. The van der Waals surface area contributed by atoms with Gasteiger partial charge < -0.3 is 5.02 Å². The maximum absolute atomic E-state index is 12.3. The first-order valence-electron chi connectivity index (χ1n) is 6.52. The molecule has 0 aromatic heterocycles. The Hall–Kier alpha value is -1.67. The number of rotatable bonds is 2. The molecule has 1 heterocycles. The maximum atomic E-state index is 12.3. The summed E-state index contributed by atoms with van der Waals surface area (Å²) in [6.07, 6.45) is 1.84. The number of carbonyl (C=O) groups is 1. The number of halogens is 1. The first kappa shape index (κ1) is 14.3. The van der Waals surface area contributed by atoms with E-state index in [-0.39, 0.29) is 12.3 Å². The highest BCUT2D eigenvalue weighted by molar-refractivity contribution is 14.1. The van der Waals surface area contributed by atoms with Crippen LogP contribution >= 0.6 is 22.6 Å². The van der Waals surface area contributed by atoms with Crippen LogP contribution in [0.25, 0.3) is 0 Å². The van der Waals surface area contributed by atoms with Gasteiger partial charge in [-0.1, -0.05) is 36.4 Å². The molecule has 0 atom stereocenters. The molecule has 4 nitrogen and oxygen atoms in total. The standard InChI is InChI=1S/C15H12BIN2O2/c17-13-6-7-14-12(9-13)10-18-19(16(14)21)15(20)8-11-4-2-1-3-5-11/h1-7,9-10,21H,8H2. The van der Waals surface area contributed by atoms with Crippen LogP contribution in [0.1, 0.15) is 11.1 Å². The average Bonchev–Trinajstić information content (AvgIpc) is 2.48. The highest BCUT2D eigenvalue weighted by Crippen LogP contribution is 2.12. The van der Waals surface area contributed by atoms with E-state index >= 15 is 0 Å². The second kappa shape index (κ2) is 5.99. The summed E-state index contributed by atoms with van der Waals surface area (Å²) in [5.74, 6) is -0.228. The molecule has 1 aliphatic rings. The number of hydrazone groups is 1. The third-order valence-corrected chi connectivity index (χ3v) is 4.00. The number of benzene rings is 2. The van der Waals surface area contributed by atoms with Gasteiger partial charge in [0, 0.05) is 3.57 Å². The summed E-state index contributed by atoms with van der Waals surface area (Å²) in [7, 11) is -1.03. The van der Waals surface area contributed by atoms with Gasteiger partial charge in [0.2, 0.25) is 5.91 Å². The van der Waals surface area contributed by atoms with Gasteiger partial charge in [0.1, 0.15) is 0 Å². The van der Waals surface area contributed by atoms with Gasteiger partial charge in [-0.3, -0.25) is 4.79 Å². The van der Waals surface area contributed by atoms with Crippen LogP contribution in [0.3, 0.4) is 0 Å². The van der Waals surface area contributed by atoms with Crippen molar-refractivity contribution >= 4 is 47.2 Å². The predicted molar refractivity (Wildman–Crippen MR) is 91.4 cm³/mol. The van der Waals surface area contributed by atoms with E-state index in [9.17, 15) is 9.82 Å². The molecule has 104 valence electrons. The second-order valence-electron chi connectivity index (χ2n) is 4.79. The van der Waals surface area contributed by atoms with Gasteiger partial charge >= 0.3 is 7.05 Å². The molecule has 0 radical (unpaired) electrons. The predicted octanol–water partition coefficient (Wildman–Crippen LogP) is 1.40. The highest BCUT2D eigenvalue weighted by Gasteiger charge is 2.33. The molecule has 0 saturated heterocycles. The van der Waals surface area contributed by atoms with Crippen molar-refractivity contribution in [1.82, 2.24) is 4.92 Å². The van der Waals surface area contributed by atoms with Gasteiger partial charge in [0.25, 0.3) is 0 Å². The van der Waals surface area contributed by atoms with E-state index in [1.54, 1.807) is 6.21 Å². The van der Waals surface area contributed by atoms with E-state index in [0.717, 1.165) is 19.6 Å². The van der Waals surface area contributed by atoms with Gasteiger partial charge in [-0.25, -0.2) is 4.92 Å². The second-order valence-corrected chi connectivity index (χ2v) is 6.04. The summed E-state index contributed by atoms with van der Waals surface area (Å²) in [5, 5.41) is 14.4. The molecule has 0 spiro atoms. The van der Waals surface area contributed by atoms with E-state index in [1.165, 1.54) is 0 Å². The van der Waals surface area contributed by atoms with Crippen molar-refractivity contribution in [1.29, 1.82) is 0 Å². The van der Waals surface area contributed by atoms with Crippen LogP contribution in [0, 0.1) is 3.57 Å². The quantitative estimate of drug-likeness (QED) is 0.623. The lowest BCUT2D eigenvalue weighted by Crippen LogP contribution is -2.52. The Bertz CT molecular complexity index is 706. The van der Waals surface area contributed by atoms with E-state index in [2.05, 4.69) is 27.7 Å². The molecule has 2 aromatic rings. The molecule has 2 aromatic carbocycles. The Balaban J connectivity index is 1.82. The monoisotopic (exact) mass is 390 g/mol. The highest BCUT2D eigenvalue weighted by atomic mass is 127. The molecule has 0 fully saturated rings. The van der Waals surface area contributed by atoms with Gasteiger partial charge in [-0.15, -0.1) is 0 Å². The van der Waals surface area contributed by atoms with Crippen LogP contribution in [0.2, 0.25) is 0 Å². The summed E-state index contributed by atoms with van der Waals surface area (Å²) < 4.78 is 1.06. The van der Waals surface area contributed by atoms with Crippen LogP contribution in [-0.4, -0.2) is 29.1 Å². The lowest BCUT2D eigenvalue weighted by atomic mass is 9.69. The van der Waals surface area contributed by atoms with Crippen LogP contribution in [0.15, 0.2) is 53.6 Å². The summed E-state index contributed by atoms with van der Waals surface area (Å²) in [5.41, 5.74) is 2.45. The molecule has 6 heteroatoms. The number of nitrogens with zero attached hydrogens (tertiary/aromatic N) is 2. The molecule has 21 heavy (non-hydrogen) atoms. The normalized spacial score (nSPS) is 13.2. The van der Waals surface area contributed by atoms with Crippen LogP contribution in [-0.2, 0) is 11.2 Å². The molecular weight excluding hydrogens is 378 g/mol. The lowest BCUT2D eigenvalue weighted by molar-refractivity contribution is -0.126. The molecule has 3 rings (SSSR count). The first-order valence-corrected chi connectivity index (χ1v) is 7.60. The number of amides is 1. The Labute approximate surface area is 136 Å². The Morgan fingerprint density at radius 1 is 1.24 bits per heavy atom. The van der Waals surface area contributed by atoms with E-state index < -0.39 is 7.05 Å². The Kier molecular flexibility index (Phi) is 4.07. The van der Waals surface area contributed by atoms with Crippen molar-refractivity contribution in [2.75, 3.05) is 0 Å². The minimum atomic E-state index is -1.03. The van der Waals surface area contributed by atoms with Crippen LogP contribution in [0.5, 0.6) is 0 Å². The number of hydrogen-bond acceptors (Lipinski definition) is 3. The van der Waals surface area contributed by atoms with Crippen molar-refractivity contribution in [2.45, 2.75) is 6.42 Å². The number of fused-ring (bicyclic) bond motifs is 1. The van der Waals surface area contributed by atoms with Gasteiger partial charge in [0.05, 0.1) is 12.6 Å². The fraction of sp³-hybridized carbons (Fsp3) is 0.0667. The minimum absolute atomic E-state index is 0.217. The largest absolute Gasteiger partial charge is 0.474 e. The summed E-state index contributed by atoms with van der Waals surface area (Å²) >= 11 is 2.20. The van der Waals surface area contributed by atoms with E-state index in [4.69, 9.17) is 0 Å². The molecule has 0 aliphatic carbocycles. The molecule has 0 unspecified atom stereocenters. The zero-order chi connectivity index (χ0) is 14.8. The van der Waals surface area contributed by atoms with Gasteiger partial charge in [-0.05, 0) is 51.3 Å². The van der Waals surface area contributed by atoms with Crippen LogP contribution in [0.4, 0.5) is 0 Å². The minimum Gasteiger partial charge on any atom is -0.427 e. The smallest absolute Gasteiger partial charge is 0.427 e. The van der Waals surface area contributed by atoms with Crippen molar-refractivity contribution in [3.8, 4) is 0 Å². The topological polar surface area (TPSA) is 52.9 Å². The number of hydrogen-bond donors (Lipinski definition) is 1. The maximum Gasteiger partial charge on any atom is 0.474 e. The third-order valence-electron chi connectivity index (χ3n) is 3.33. The van der Waals surface area contributed by atoms with Gasteiger partial charge in [-0.2, -0.15) is 5.10 Å². The fourth-order valence-electron chi connectivity index (χ4n) is 2.26. The Morgan fingerprint density at radius 3 is 2.76 bits per heavy atom. The zero-order valence-electron chi connectivity index (χ0n) is 11.1. The van der Waals surface area contributed by atoms with Crippen molar-refractivity contribution in [2.24, 2.45) is 5.10 Å². The van der Waals surface area contributed by atoms with Crippen molar-refractivity contribution < 1.29 is 9.82 Å². The molecule has 1 aliphatic heterocycles. The average molecular weight is 390 g/mol. The first-order chi connectivity index (χ1) is 10.1. The summed E-state index contributed by atoms with van der Waals surface area (Å²) in [6, 6.07) is 15.1. The molecule has 0 saturated carbocycles.